The zero-order valence-corrected chi connectivity index (χ0v) is 15.2. The van der Waals surface area contributed by atoms with Crippen molar-refractivity contribution in [2.45, 2.75) is 60.0 Å². The molecule has 2 nitrogen and oxygen atoms in total. The molecule has 1 aromatic rings. The molecule has 20 heavy (non-hydrogen) atoms. The van der Waals surface area contributed by atoms with Crippen molar-refractivity contribution < 1.29 is 4.74 Å². The van der Waals surface area contributed by atoms with E-state index in [0.29, 0.717) is 5.41 Å². The standard InChI is InChI=1S/C17H28BrNO/c1-16(2,3)9-10-20-15-8-7-13(11-14(15)18)12-19-17(4,5)6/h7-8,11,19H,9-10,12H2,1-6H3. The maximum absolute atomic E-state index is 5.85. The first-order chi connectivity index (χ1) is 9.07. The molecular weight excluding hydrogens is 314 g/mol. The molecule has 114 valence electrons. The van der Waals surface area contributed by atoms with Crippen LogP contribution < -0.4 is 10.1 Å². The van der Waals surface area contributed by atoms with Crippen LogP contribution >= 0.6 is 15.9 Å². The Kier molecular flexibility index (Phi) is 6.08. The number of ether oxygens (including phenoxy) is 1. The quantitative estimate of drug-likeness (QED) is 0.799. The molecule has 0 saturated heterocycles. The fourth-order valence-electron chi connectivity index (χ4n) is 1.61. The lowest BCUT2D eigenvalue weighted by Gasteiger charge is -2.21. The van der Waals surface area contributed by atoms with E-state index in [1.54, 1.807) is 0 Å². The third kappa shape index (κ3) is 7.30. The summed E-state index contributed by atoms with van der Waals surface area (Å²) in [7, 11) is 0. The lowest BCUT2D eigenvalue weighted by Crippen LogP contribution is -2.35. The molecule has 0 radical (unpaired) electrons. The summed E-state index contributed by atoms with van der Waals surface area (Å²) in [6, 6.07) is 6.30. The fraction of sp³-hybridized carbons (Fsp3) is 0.647. The van der Waals surface area contributed by atoms with Crippen molar-refractivity contribution in [3.8, 4) is 5.75 Å². The average Bonchev–Trinajstić information content (AvgIpc) is 2.26. The number of benzene rings is 1. The topological polar surface area (TPSA) is 21.3 Å². The van der Waals surface area contributed by atoms with Gasteiger partial charge in [0.25, 0.3) is 0 Å². The van der Waals surface area contributed by atoms with Crippen LogP contribution in [0.1, 0.15) is 53.5 Å². The summed E-state index contributed by atoms with van der Waals surface area (Å²) >= 11 is 3.60. The molecule has 1 N–H and O–H groups in total. The highest BCUT2D eigenvalue weighted by molar-refractivity contribution is 9.10. The Hall–Kier alpha value is -0.540. The summed E-state index contributed by atoms with van der Waals surface area (Å²) in [5.41, 5.74) is 1.70. The molecular formula is C17H28BrNO. The number of nitrogens with one attached hydrogen (secondary N) is 1. The van der Waals surface area contributed by atoms with Crippen molar-refractivity contribution in [1.29, 1.82) is 0 Å². The van der Waals surface area contributed by atoms with Crippen molar-refractivity contribution in [2.24, 2.45) is 5.41 Å². The molecule has 0 aliphatic heterocycles. The van der Waals surface area contributed by atoms with E-state index in [0.717, 1.165) is 29.8 Å². The molecule has 0 heterocycles. The molecule has 0 unspecified atom stereocenters. The maximum atomic E-state index is 5.85. The second kappa shape index (κ2) is 6.95. The SMILES string of the molecule is CC(C)(C)CCOc1ccc(CNC(C)(C)C)cc1Br. The largest absolute Gasteiger partial charge is 0.492 e. The van der Waals surface area contributed by atoms with Crippen LogP contribution in [0.4, 0.5) is 0 Å². The molecule has 0 amide bonds. The molecule has 0 fully saturated rings. The minimum Gasteiger partial charge on any atom is -0.492 e. The van der Waals surface area contributed by atoms with Crippen LogP contribution in [0.2, 0.25) is 0 Å². The van der Waals surface area contributed by atoms with Crippen molar-refractivity contribution >= 4 is 15.9 Å². The predicted octanol–water partition coefficient (Wildman–Crippen LogP) is 5.15. The van der Waals surface area contributed by atoms with E-state index in [9.17, 15) is 0 Å². The minimum atomic E-state index is 0.133. The van der Waals surface area contributed by atoms with Crippen molar-refractivity contribution in [2.75, 3.05) is 6.61 Å². The van der Waals surface area contributed by atoms with Crippen molar-refractivity contribution in [3.05, 3.63) is 28.2 Å². The lowest BCUT2D eigenvalue weighted by atomic mass is 9.93. The molecule has 0 aromatic heterocycles. The van der Waals surface area contributed by atoms with E-state index >= 15 is 0 Å². The maximum Gasteiger partial charge on any atom is 0.133 e. The van der Waals surface area contributed by atoms with Gasteiger partial charge in [-0.25, -0.2) is 0 Å². The van der Waals surface area contributed by atoms with Crippen molar-refractivity contribution in [1.82, 2.24) is 5.32 Å². The summed E-state index contributed by atoms with van der Waals surface area (Å²) < 4.78 is 6.87. The molecule has 0 aliphatic rings. The number of rotatable bonds is 5. The van der Waals surface area contributed by atoms with Gasteiger partial charge in [0.15, 0.2) is 0 Å². The van der Waals surface area contributed by atoms with Gasteiger partial charge in [-0.1, -0.05) is 26.8 Å². The van der Waals surface area contributed by atoms with Gasteiger partial charge in [0, 0.05) is 12.1 Å². The Bertz CT molecular complexity index is 430. The van der Waals surface area contributed by atoms with Gasteiger partial charge in [-0.3, -0.25) is 0 Å². The highest BCUT2D eigenvalue weighted by atomic mass is 79.9. The van der Waals surface area contributed by atoms with Gasteiger partial charge in [-0.05, 0) is 66.2 Å². The Balaban J connectivity index is 2.55. The summed E-state index contributed by atoms with van der Waals surface area (Å²) in [5, 5.41) is 3.49. The first kappa shape index (κ1) is 17.5. The van der Waals surface area contributed by atoms with Gasteiger partial charge < -0.3 is 10.1 Å². The van der Waals surface area contributed by atoms with E-state index < -0.39 is 0 Å². The molecule has 1 aromatic carbocycles. The van der Waals surface area contributed by atoms with Crippen LogP contribution in [0.25, 0.3) is 0 Å². The summed E-state index contributed by atoms with van der Waals surface area (Å²) in [5.74, 6) is 0.925. The van der Waals surface area contributed by atoms with E-state index in [2.05, 4.69) is 74.9 Å². The first-order valence-electron chi connectivity index (χ1n) is 7.23. The minimum absolute atomic E-state index is 0.133. The second-order valence-corrected chi connectivity index (χ2v) is 8.38. The van der Waals surface area contributed by atoms with Crippen LogP contribution in [0.15, 0.2) is 22.7 Å². The highest BCUT2D eigenvalue weighted by Crippen LogP contribution is 2.27. The molecule has 0 spiro atoms. The van der Waals surface area contributed by atoms with Crippen LogP contribution in [0.3, 0.4) is 0 Å². The first-order valence-corrected chi connectivity index (χ1v) is 8.02. The number of halogens is 1. The molecule has 0 bridgehead atoms. The van der Waals surface area contributed by atoms with E-state index in [1.165, 1.54) is 5.56 Å². The van der Waals surface area contributed by atoms with Gasteiger partial charge in [0.05, 0.1) is 11.1 Å². The molecule has 0 aliphatic carbocycles. The second-order valence-electron chi connectivity index (χ2n) is 7.53. The van der Waals surface area contributed by atoms with Crippen LogP contribution in [-0.4, -0.2) is 12.1 Å². The molecule has 0 saturated carbocycles. The molecule has 1 rings (SSSR count). The van der Waals surface area contributed by atoms with E-state index in [1.807, 2.05) is 6.07 Å². The van der Waals surface area contributed by atoms with Gasteiger partial charge in [-0.15, -0.1) is 0 Å². The smallest absolute Gasteiger partial charge is 0.133 e. The summed E-state index contributed by atoms with van der Waals surface area (Å²) in [6.45, 7) is 14.8. The van der Waals surface area contributed by atoms with Crippen LogP contribution in [0.5, 0.6) is 5.75 Å². The number of hydrogen-bond donors (Lipinski definition) is 1. The normalized spacial score (nSPS) is 12.6. The van der Waals surface area contributed by atoms with Gasteiger partial charge in [0.2, 0.25) is 0 Å². The van der Waals surface area contributed by atoms with Gasteiger partial charge >= 0.3 is 0 Å². The van der Waals surface area contributed by atoms with Gasteiger partial charge in [-0.2, -0.15) is 0 Å². The van der Waals surface area contributed by atoms with E-state index in [4.69, 9.17) is 4.74 Å². The lowest BCUT2D eigenvalue weighted by molar-refractivity contribution is 0.242. The monoisotopic (exact) mass is 341 g/mol. The Labute approximate surface area is 132 Å². The summed E-state index contributed by atoms with van der Waals surface area (Å²) in [4.78, 5) is 0. The highest BCUT2D eigenvalue weighted by Gasteiger charge is 2.12. The van der Waals surface area contributed by atoms with Crippen LogP contribution in [0, 0.1) is 5.41 Å². The third-order valence-corrected chi connectivity index (χ3v) is 3.55. The zero-order chi connectivity index (χ0) is 15.4. The molecule has 0 atom stereocenters. The Morgan fingerprint density at radius 1 is 1.10 bits per heavy atom. The van der Waals surface area contributed by atoms with Gasteiger partial charge in [0.1, 0.15) is 5.75 Å². The Morgan fingerprint density at radius 3 is 2.25 bits per heavy atom. The third-order valence-electron chi connectivity index (χ3n) is 2.93. The van der Waals surface area contributed by atoms with Crippen LogP contribution in [-0.2, 0) is 6.54 Å². The average molecular weight is 342 g/mol. The molecule has 3 heteroatoms. The summed E-state index contributed by atoms with van der Waals surface area (Å²) in [6.07, 6.45) is 1.05. The van der Waals surface area contributed by atoms with E-state index in [-0.39, 0.29) is 5.54 Å². The number of hydrogen-bond acceptors (Lipinski definition) is 2. The predicted molar refractivity (Wildman–Crippen MR) is 90.3 cm³/mol. The fourth-order valence-corrected chi connectivity index (χ4v) is 2.15. The zero-order valence-electron chi connectivity index (χ0n) is 13.6. The van der Waals surface area contributed by atoms with Crippen molar-refractivity contribution in [3.63, 3.8) is 0 Å². The Morgan fingerprint density at radius 2 is 1.75 bits per heavy atom.